The Kier molecular flexibility index (Phi) is 13.6. The quantitative estimate of drug-likeness (QED) is 0.136. The molecule has 9 aromatic rings. The van der Waals surface area contributed by atoms with Crippen LogP contribution in [0.15, 0.2) is 164 Å². The minimum absolute atomic E-state index is 0.862. The highest BCUT2D eigenvalue weighted by atomic mass is 15.4. The van der Waals surface area contributed by atoms with E-state index in [1.165, 1.54) is 33.2 Å². The van der Waals surface area contributed by atoms with Crippen LogP contribution in [0.3, 0.4) is 0 Å². The van der Waals surface area contributed by atoms with E-state index in [0.717, 1.165) is 133 Å². The first kappa shape index (κ1) is 42.9. The van der Waals surface area contributed by atoms with E-state index in [-0.39, 0.29) is 0 Å². The van der Waals surface area contributed by atoms with Gasteiger partial charge in [-0.05, 0) is 53.1 Å². The predicted molar refractivity (Wildman–Crippen MR) is 271 cm³/mol. The first-order valence-corrected chi connectivity index (χ1v) is 23.6. The average Bonchev–Trinajstić information content (AvgIpc) is 4.08. The van der Waals surface area contributed by atoms with Crippen molar-refractivity contribution in [3.63, 3.8) is 0 Å². The van der Waals surface area contributed by atoms with Crippen molar-refractivity contribution in [3.05, 3.63) is 180 Å². The predicted octanol–water partition coefficient (Wildman–Crippen LogP) is 7.48. The maximum atomic E-state index is 4.89. The third kappa shape index (κ3) is 9.96. The highest BCUT2D eigenvalue weighted by Gasteiger charge is 2.22. The van der Waals surface area contributed by atoms with Crippen LogP contribution >= 0.6 is 0 Å². The van der Waals surface area contributed by atoms with E-state index < -0.39 is 0 Å². The van der Waals surface area contributed by atoms with Crippen LogP contribution in [0.5, 0.6) is 0 Å². The van der Waals surface area contributed by atoms with Gasteiger partial charge in [-0.25, -0.2) is 15.0 Å². The third-order valence-electron chi connectivity index (χ3n) is 12.7. The topological polar surface area (TPSA) is 99.3 Å². The Labute approximate surface area is 387 Å². The second-order valence-electron chi connectivity index (χ2n) is 17.1. The molecule has 336 valence electrons. The molecule has 0 radical (unpaired) electrons. The first-order valence-electron chi connectivity index (χ1n) is 23.6. The molecule has 3 saturated heterocycles. The molecule has 0 spiro atoms. The molecule has 66 heavy (non-hydrogen) atoms. The Morgan fingerprint density at radius 2 is 0.545 bits per heavy atom. The Bertz CT molecular complexity index is 2590. The molecule has 0 saturated carbocycles. The van der Waals surface area contributed by atoms with Gasteiger partial charge in [-0.3, -0.25) is 0 Å². The highest BCUT2D eigenvalue weighted by molar-refractivity contribution is 5.81. The Hall–Kier alpha value is -6.99. The van der Waals surface area contributed by atoms with Crippen LogP contribution in [-0.4, -0.2) is 107 Å². The minimum atomic E-state index is 0.862. The van der Waals surface area contributed by atoms with Gasteiger partial charge in [0.2, 0.25) is 17.8 Å². The molecule has 12 rings (SSSR count). The van der Waals surface area contributed by atoms with Gasteiger partial charge >= 0.3 is 0 Å². The fraction of sp³-hybridized carbons (Fsp3) is 0.278. The summed E-state index contributed by atoms with van der Waals surface area (Å²) in [6.07, 6.45) is 0. The van der Waals surface area contributed by atoms with Crippen molar-refractivity contribution in [2.45, 2.75) is 19.6 Å². The summed E-state index contributed by atoms with van der Waals surface area (Å²) in [5.74, 6) is 3.27. The normalized spacial score (nSPS) is 15.4. The number of nitrogens with zero attached hydrogens (tertiary/aromatic N) is 9. The number of anilines is 3. The molecule has 3 aromatic heterocycles. The van der Waals surface area contributed by atoms with Gasteiger partial charge in [0.05, 0.1) is 52.7 Å². The lowest BCUT2D eigenvalue weighted by Gasteiger charge is -2.29. The summed E-state index contributed by atoms with van der Waals surface area (Å²) in [4.78, 5) is 21.8. The number of para-hydroxylation sites is 6. The fourth-order valence-electron chi connectivity index (χ4n) is 9.27. The number of benzene rings is 6. The van der Waals surface area contributed by atoms with Gasteiger partial charge in [-0.1, -0.05) is 127 Å². The van der Waals surface area contributed by atoms with Crippen molar-refractivity contribution in [3.8, 4) is 0 Å². The number of aromatic nitrogens is 6. The summed E-state index contributed by atoms with van der Waals surface area (Å²) in [5.41, 5.74) is 10.8. The Morgan fingerprint density at radius 3 is 0.818 bits per heavy atom. The molecule has 3 aliphatic rings. The van der Waals surface area contributed by atoms with Gasteiger partial charge in [0.15, 0.2) is 0 Å². The van der Waals surface area contributed by atoms with Crippen LogP contribution in [0.2, 0.25) is 0 Å². The lowest BCUT2D eigenvalue weighted by Crippen LogP contribution is -2.44. The molecule has 6 heterocycles. The van der Waals surface area contributed by atoms with Crippen LogP contribution in [0.25, 0.3) is 33.1 Å². The van der Waals surface area contributed by atoms with Crippen molar-refractivity contribution in [2.75, 3.05) is 93.2 Å². The lowest BCUT2D eigenvalue weighted by atomic mass is 10.2. The lowest BCUT2D eigenvalue weighted by molar-refractivity contribution is 0.571. The monoisotopic (exact) mass is 877 g/mol. The summed E-state index contributed by atoms with van der Waals surface area (Å²) in [7, 11) is 0. The van der Waals surface area contributed by atoms with Crippen LogP contribution < -0.4 is 30.7 Å². The van der Waals surface area contributed by atoms with Gasteiger partial charge in [-0.15, -0.1) is 0 Å². The zero-order valence-corrected chi connectivity index (χ0v) is 37.7. The van der Waals surface area contributed by atoms with E-state index in [0.29, 0.717) is 0 Å². The smallest absolute Gasteiger partial charge is 0.206 e. The van der Waals surface area contributed by atoms with E-state index >= 15 is 0 Å². The van der Waals surface area contributed by atoms with Crippen molar-refractivity contribution in [2.24, 2.45) is 0 Å². The van der Waals surface area contributed by atoms with Crippen LogP contribution in [-0.2, 0) is 19.6 Å². The second kappa shape index (κ2) is 20.9. The standard InChI is InChI=1S/3C18H20N4/c3*1-2-6-15(7-3-1)14-22-17-9-5-4-8-16(17)20-18(22)21-12-10-19-11-13-21/h3*1-9,19H,10-14H2. The van der Waals surface area contributed by atoms with E-state index in [1.807, 2.05) is 0 Å². The maximum absolute atomic E-state index is 4.89. The summed E-state index contributed by atoms with van der Waals surface area (Å²) >= 11 is 0. The van der Waals surface area contributed by atoms with E-state index in [2.05, 4.69) is 208 Å². The molecule has 0 atom stereocenters. The summed E-state index contributed by atoms with van der Waals surface area (Å²) in [6.45, 7) is 14.8. The number of rotatable bonds is 9. The van der Waals surface area contributed by atoms with Gasteiger partial charge in [0.25, 0.3) is 0 Å². The SMILES string of the molecule is c1ccc(Cn2c(N3CCNCC3)nc3ccccc32)cc1.c1ccc(Cn2c(N3CCNCC3)nc3ccccc32)cc1.c1ccc(Cn2c(N3CCNCC3)nc3ccccc32)cc1. The molecule has 0 aliphatic carbocycles. The van der Waals surface area contributed by atoms with Crippen molar-refractivity contribution in [1.82, 2.24) is 44.6 Å². The largest absolute Gasteiger partial charge is 0.340 e. The molecule has 3 N–H and O–H groups in total. The zero-order chi connectivity index (χ0) is 44.3. The Morgan fingerprint density at radius 1 is 0.303 bits per heavy atom. The molecule has 0 bridgehead atoms. The second-order valence-corrected chi connectivity index (χ2v) is 17.1. The molecule has 12 heteroatoms. The first-order chi connectivity index (χ1) is 32.7. The molecule has 0 amide bonds. The number of nitrogens with one attached hydrogen (secondary N) is 3. The number of piperazine rings is 3. The van der Waals surface area contributed by atoms with Crippen LogP contribution in [0.4, 0.5) is 17.8 Å². The summed E-state index contributed by atoms with van der Waals surface area (Å²) < 4.78 is 7.03. The molecule has 12 nitrogen and oxygen atoms in total. The van der Waals surface area contributed by atoms with Crippen LogP contribution in [0, 0.1) is 0 Å². The molecule has 0 unspecified atom stereocenters. The molecular formula is C54H60N12. The molecule has 3 fully saturated rings. The highest BCUT2D eigenvalue weighted by Crippen LogP contribution is 2.27. The zero-order valence-electron chi connectivity index (χ0n) is 37.7. The van der Waals surface area contributed by atoms with E-state index in [1.54, 1.807) is 0 Å². The molecule has 6 aromatic carbocycles. The van der Waals surface area contributed by atoms with Crippen molar-refractivity contribution >= 4 is 50.9 Å². The van der Waals surface area contributed by atoms with Gasteiger partial charge in [-0.2, -0.15) is 0 Å². The number of fused-ring (bicyclic) bond motifs is 3. The number of imidazole rings is 3. The Balaban J connectivity index is 0.000000116. The fourth-order valence-corrected chi connectivity index (χ4v) is 9.27. The molecule has 3 aliphatic heterocycles. The summed E-state index contributed by atoms with van der Waals surface area (Å²) in [5, 5.41) is 10.2. The van der Waals surface area contributed by atoms with Gasteiger partial charge < -0.3 is 44.4 Å². The van der Waals surface area contributed by atoms with Crippen LogP contribution in [0.1, 0.15) is 16.7 Å². The van der Waals surface area contributed by atoms with Gasteiger partial charge in [0.1, 0.15) is 0 Å². The van der Waals surface area contributed by atoms with E-state index in [9.17, 15) is 0 Å². The minimum Gasteiger partial charge on any atom is -0.340 e. The number of hydrogen-bond acceptors (Lipinski definition) is 9. The number of hydrogen-bond donors (Lipinski definition) is 3. The molecular weight excluding hydrogens is 817 g/mol. The average molecular weight is 877 g/mol. The third-order valence-corrected chi connectivity index (χ3v) is 12.7. The summed E-state index contributed by atoms with van der Waals surface area (Å²) in [6, 6.07) is 57.1. The van der Waals surface area contributed by atoms with Crippen molar-refractivity contribution in [1.29, 1.82) is 0 Å². The van der Waals surface area contributed by atoms with Gasteiger partial charge in [0, 0.05) is 78.5 Å². The maximum Gasteiger partial charge on any atom is 0.206 e. The van der Waals surface area contributed by atoms with E-state index in [4.69, 9.17) is 15.0 Å². The van der Waals surface area contributed by atoms with Crippen molar-refractivity contribution < 1.29 is 0 Å².